The van der Waals surface area contributed by atoms with E-state index in [9.17, 15) is 9.59 Å². The first-order valence-electron chi connectivity index (χ1n) is 12.0. The molecule has 2 heterocycles. The van der Waals surface area contributed by atoms with E-state index in [4.69, 9.17) is 10.5 Å². The quantitative estimate of drug-likeness (QED) is 0.484. The number of nitrogens with zero attached hydrogens (tertiary/aromatic N) is 4. The predicted molar refractivity (Wildman–Crippen MR) is 131 cm³/mol. The highest BCUT2D eigenvalue weighted by molar-refractivity contribution is 6.05. The van der Waals surface area contributed by atoms with E-state index in [1.54, 1.807) is 0 Å². The number of nitrogens with two attached hydrogens (primary N) is 1. The number of rotatable bonds is 11. The summed E-state index contributed by atoms with van der Waals surface area (Å²) in [5.41, 5.74) is 7.63. The Hall–Kier alpha value is -2.84. The minimum atomic E-state index is -0.489. The summed E-state index contributed by atoms with van der Waals surface area (Å²) in [4.78, 5) is 31.1. The SMILES string of the molecule is CCCN(CCC)C(=O)C1=Cc2nn(CCCCCNC(=O)OC(C)(C)C)cc2N=C(N)C1. The summed E-state index contributed by atoms with van der Waals surface area (Å²) in [6.07, 6.45) is 8.19. The zero-order valence-electron chi connectivity index (χ0n) is 20.8. The Bertz CT molecular complexity index is 860. The molecule has 9 heteroatoms. The predicted octanol–water partition coefficient (Wildman–Crippen LogP) is 4.00. The lowest BCUT2D eigenvalue weighted by Gasteiger charge is -2.22. The van der Waals surface area contributed by atoms with E-state index in [2.05, 4.69) is 29.3 Å². The van der Waals surface area contributed by atoms with E-state index in [1.165, 1.54) is 0 Å². The average Bonchev–Trinajstić information content (AvgIpc) is 3.01. The van der Waals surface area contributed by atoms with Crippen molar-refractivity contribution in [2.75, 3.05) is 19.6 Å². The highest BCUT2D eigenvalue weighted by Crippen LogP contribution is 2.26. The summed E-state index contributed by atoms with van der Waals surface area (Å²) >= 11 is 0. The first-order valence-corrected chi connectivity index (χ1v) is 12.0. The Morgan fingerprint density at radius 1 is 1.18 bits per heavy atom. The van der Waals surface area contributed by atoms with E-state index in [0.29, 0.717) is 35.8 Å². The summed E-state index contributed by atoms with van der Waals surface area (Å²) in [6.45, 7) is 12.4. The van der Waals surface area contributed by atoms with Gasteiger partial charge in [0.25, 0.3) is 0 Å². The number of carbonyl (C=O) groups is 2. The Kier molecular flexibility index (Phi) is 9.94. The van der Waals surface area contributed by atoms with Crippen LogP contribution >= 0.6 is 0 Å². The molecule has 1 aromatic rings. The van der Waals surface area contributed by atoms with Crippen molar-refractivity contribution in [3.05, 3.63) is 17.5 Å². The van der Waals surface area contributed by atoms with E-state index >= 15 is 0 Å². The van der Waals surface area contributed by atoms with Gasteiger partial charge in [-0.25, -0.2) is 9.79 Å². The van der Waals surface area contributed by atoms with E-state index in [1.807, 2.05) is 42.6 Å². The van der Waals surface area contributed by atoms with E-state index in [0.717, 1.165) is 51.7 Å². The van der Waals surface area contributed by atoms with Crippen molar-refractivity contribution in [1.82, 2.24) is 20.0 Å². The Balaban J connectivity index is 1.91. The minimum absolute atomic E-state index is 0.0109. The monoisotopic (exact) mass is 460 g/mol. The first kappa shape index (κ1) is 26.4. The van der Waals surface area contributed by atoms with Crippen LogP contribution in [0, 0.1) is 0 Å². The minimum Gasteiger partial charge on any atom is -0.444 e. The molecule has 0 fully saturated rings. The van der Waals surface area contributed by atoms with Crippen LogP contribution in [0.15, 0.2) is 16.8 Å². The Morgan fingerprint density at radius 2 is 1.88 bits per heavy atom. The van der Waals surface area contributed by atoms with Gasteiger partial charge in [0.2, 0.25) is 5.91 Å². The molecule has 0 aliphatic carbocycles. The van der Waals surface area contributed by atoms with Gasteiger partial charge in [-0.2, -0.15) is 5.10 Å². The van der Waals surface area contributed by atoms with Crippen molar-refractivity contribution in [1.29, 1.82) is 0 Å². The number of aryl methyl sites for hydroxylation is 1. The Labute approximate surface area is 197 Å². The van der Waals surface area contributed by atoms with Crippen LogP contribution < -0.4 is 11.1 Å². The zero-order chi connectivity index (χ0) is 24.4. The lowest BCUT2D eigenvalue weighted by molar-refractivity contribution is -0.127. The van der Waals surface area contributed by atoms with Gasteiger partial charge in [0.1, 0.15) is 22.8 Å². The number of carbonyl (C=O) groups excluding carboxylic acids is 2. The first-order chi connectivity index (χ1) is 15.6. The van der Waals surface area contributed by atoms with Crippen LogP contribution in [0.3, 0.4) is 0 Å². The van der Waals surface area contributed by atoms with Crippen LogP contribution in [0.5, 0.6) is 0 Å². The molecule has 9 nitrogen and oxygen atoms in total. The van der Waals surface area contributed by atoms with Crippen LogP contribution in [0.25, 0.3) is 6.08 Å². The summed E-state index contributed by atoms with van der Waals surface area (Å²) < 4.78 is 7.08. The number of amides is 2. The largest absolute Gasteiger partial charge is 0.444 e. The molecule has 1 aromatic heterocycles. The van der Waals surface area contributed by atoms with Crippen LogP contribution in [0.2, 0.25) is 0 Å². The lowest BCUT2D eigenvalue weighted by atomic mass is 10.1. The molecule has 0 spiro atoms. The number of unbranched alkanes of at least 4 members (excludes halogenated alkanes) is 2. The average molecular weight is 461 g/mol. The molecule has 0 aromatic carbocycles. The molecule has 184 valence electrons. The number of fused-ring (bicyclic) bond motifs is 1. The van der Waals surface area contributed by atoms with Crippen molar-refractivity contribution in [3.8, 4) is 0 Å². The molecule has 0 saturated carbocycles. The van der Waals surface area contributed by atoms with Gasteiger partial charge in [-0.05, 0) is 59.0 Å². The fraction of sp³-hybridized carbons (Fsp3) is 0.667. The number of hydrogen-bond donors (Lipinski definition) is 2. The molecule has 3 N–H and O–H groups in total. The molecule has 0 atom stereocenters. The summed E-state index contributed by atoms with van der Waals surface area (Å²) in [5, 5.41) is 7.41. The van der Waals surface area contributed by atoms with Gasteiger partial charge < -0.3 is 20.7 Å². The highest BCUT2D eigenvalue weighted by Gasteiger charge is 2.22. The van der Waals surface area contributed by atoms with Gasteiger partial charge in [-0.15, -0.1) is 0 Å². The summed E-state index contributed by atoms with van der Waals surface area (Å²) in [5.74, 6) is 0.436. The van der Waals surface area contributed by atoms with Crippen molar-refractivity contribution in [2.24, 2.45) is 10.7 Å². The molecule has 33 heavy (non-hydrogen) atoms. The number of aliphatic imine (C=N–C) groups is 1. The highest BCUT2D eigenvalue weighted by atomic mass is 16.6. The third-order valence-corrected chi connectivity index (χ3v) is 5.00. The van der Waals surface area contributed by atoms with Crippen molar-refractivity contribution < 1.29 is 14.3 Å². The van der Waals surface area contributed by atoms with Gasteiger partial charge in [-0.3, -0.25) is 9.48 Å². The van der Waals surface area contributed by atoms with Crippen LogP contribution in [0.1, 0.15) is 78.8 Å². The van der Waals surface area contributed by atoms with Crippen LogP contribution in [-0.4, -0.2) is 57.8 Å². The molecule has 0 unspecified atom stereocenters. The maximum atomic E-state index is 13.1. The number of ether oxygens (including phenoxy) is 1. The van der Waals surface area contributed by atoms with Crippen LogP contribution in [0.4, 0.5) is 10.5 Å². The molecule has 2 rings (SSSR count). The number of nitrogens with one attached hydrogen (secondary N) is 1. The second kappa shape index (κ2) is 12.4. The number of aromatic nitrogens is 2. The molecule has 2 amide bonds. The molecular weight excluding hydrogens is 420 g/mol. The van der Waals surface area contributed by atoms with Gasteiger partial charge in [-0.1, -0.05) is 13.8 Å². The van der Waals surface area contributed by atoms with Gasteiger partial charge in [0.15, 0.2) is 0 Å². The van der Waals surface area contributed by atoms with E-state index < -0.39 is 5.60 Å². The fourth-order valence-corrected chi connectivity index (χ4v) is 3.61. The number of alkyl carbamates (subject to hydrolysis) is 1. The number of amidine groups is 1. The van der Waals surface area contributed by atoms with Crippen molar-refractivity contribution in [3.63, 3.8) is 0 Å². The molecular formula is C24H40N6O3. The smallest absolute Gasteiger partial charge is 0.407 e. The molecule has 0 bridgehead atoms. The second-order valence-electron chi connectivity index (χ2n) is 9.39. The molecule has 1 aliphatic rings. The van der Waals surface area contributed by atoms with Crippen molar-refractivity contribution in [2.45, 2.75) is 85.3 Å². The topological polar surface area (TPSA) is 115 Å². The van der Waals surface area contributed by atoms with Crippen LogP contribution in [-0.2, 0) is 16.1 Å². The maximum absolute atomic E-state index is 13.1. The lowest BCUT2D eigenvalue weighted by Crippen LogP contribution is -2.34. The standard InChI is InChI=1S/C24H40N6O3/c1-6-12-29(13-7-2)22(31)18-15-19-20(27-21(25)16-18)17-30(28-19)14-10-8-9-11-26-23(32)33-24(3,4)5/h15,17H,6-14,16H2,1-5H3,(H2,25,27)(H,26,32). The summed E-state index contributed by atoms with van der Waals surface area (Å²) in [7, 11) is 0. The molecule has 0 saturated heterocycles. The third kappa shape index (κ3) is 8.90. The van der Waals surface area contributed by atoms with Crippen molar-refractivity contribution >= 4 is 29.6 Å². The van der Waals surface area contributed by atoms with Gasteiger partial charge in [0.05, 0.1) is 6.20 Å². The van der Waals surface area contributed by atoms with E-state index in [-0.39, 0.29) is 12.0 Å². The number of hydrogen-bond acceptors (Lipinski definition) is 6. The zero-order valence-corrected chi connectivity index (χ0v) is 20.8. The molecule has 0 radical (unpaired) electrons. The summed E-state index contributed by atoms with van der Waals surface area (Å²) in [6, 6.07) is 0. The fourth-order valence-electron chi connectivity index (χ4n) is 3.61. The third-order valence-electron chi connectivity index (χ3n) is 5.00. The normalized spacial score (nSPS) is 13.5. The Morgan fingerprint density at radius 3 is 2.52 bits per heavy atom. The van der Waals surface area contributed by atoms with Gasteiger partial charge in [0, 0.05) is 38.2 Å². The molecule has 1 aliphatic heterocycles. The second-order valence-corrected chi connectivity index (χ2v) is 9.39. The maximum Gasteiger partial charge on any atom is 0.407 e. The van der Waals surface area contributed by atoms with Gasteiger partial charge >= 0.3 is 6.09 Å².